The minimum atomic E-state index is -0.214. The largest absolute Gasteiger partial charge is 0.221 e. The zero-order chi connectivity index (χ0) is 13.5. The molecular weight excluding hydrogens is 296 g/mol. The van der Waals surface area contributed by atoms with Crippen LogP contribution in [0.1, 0.15) is 27.7 Å². The van der Waals surface area contributed by atoms with E-state index in [2.05, 4.69) is 53.7 Å². The monoisotopic (exact) mass is 314 g/mol. The molecule has 2 atom stereocenters. The van der Waals surface area contributed by atoms with Gasteiger partial charge in [0.1, 0.15) is 0 Å². The van der Waals surface area contributed by atoms with Gasteiger partial charge in [-0.15, -0.1) is 6.58 Å². The summed E-state index contributed by atoms with van der Waals surface area (Å²) in [7, 11) is 0. The smallest absolute Gasteiger partial charge is 0.0801 e. The predicted octanol–water partition coefficient (Wildman–Crippen LogP) is 4.54. The molecule has 0 aliphatic carbocycles. The molecule has 0 aliphatic rings. The summed E-state index contributed by atoms with van der Waals surface area (Å²) in [6.45, 7) is 11.9. The van der Waals surface area contributed by atoms with Crippen LogP contribution in [0.5, 0.6) is 0 Å². The van der Waals surface area contributed by atoms with Crippen molar-refractivity contribution in [3.8, 4) is 6.07 Å². The molecule has 0 amide bonds. The van der Waals surface area contributed by atoms with Gasteiger partial charge in [0, 0.05) is 10.5 Å². The summed E-state index contributed by atoms with van der Waals surface area (Å²) >= 11 is 4.99. The van der Waals surface area contributed by atoms with Crippen molar-refractivity contribution in [3.63, 3.8) is 0 Å². The van der Waals surface area contributed by atoms with Crippen LogP contribution in [0, 0.1) is 17.2 Å². The third kappa shape index (κ3) is 8.23. The van der Waals surface area contributed by atoms with E-state index < -0.39 is 0 Å². The molecule has 0 fully saturated rings. The summed E-state index contributed by atoms with van der Waals surface area (Å²) in [6, 6.07) is 2.17. The fourth-order valence-corrected chi connectivity index (χ4v) is 1.81. The van der Waals surface area contributed by atoms with E-state index in [0.29, 0.717) is 0 Å². The molecule has 0 radical (unpaired) electrons. The summed E-state index contributed by atoms with van der Waals surface area (Å²) in [5.74, 6) is -0.214. The second-order valence-corrected chi connectivity index (χ2v) is 7.28. The first-order valence-electron chi connectivity index (χ1n) is 5.37. The highest BCUT2D eigenvalue weighted by molar-refractivity contribution is 9.09. The summed E-state index contributed by atoms with van der Waals surface area (Å²) in [6.07, 6.45) is 5.49. The highest BCUT2D eigenvalue weighted by atomic mass is 79.9. The zero-order valence-electron chi connectivity index (χ0n) is 10.8. The number of nitriles is 1. The van der Waals surface area contributed by atoms with Crippen LogP contribution in [-0.4, -0.2) is 15.3 Å². The molecule has 0 aromatic rings. The van der Waals surface area contributed by atoms with Crippen molar-refractivity contribution in [2.45, 2.75) is 37.3 Å². The van der Waals surface area contributed by atoms with Crippen molar-refractivity contribution in [2.75, 3.05) is 0 Å². The molecule has 94 valence electrons. The molecule has 0 aromatic carbocycles. The normalized spacial score (nSPS) is 16.6. The molecule has 2 unspecified atom stereocenters. The maximum Gasteiger partial charge on any atom is 0.0801 e. The number of halogens is 1. The topological polar surface area (TPSA) is 36.1 Å². The fourth-order valence-electron chi connectivity index (χ4n) is 0.844. The summed E-state index contributed by atoms with van der Waals surface area (Å²) in [5.41, 5.74) is 0.940. The van der Waals surface area contributed by atoms with Crippen LogP contribution in [0.25, 0.3) is 0 Å². The Bertz CT molecular complexity index is 347. The lowest BCUT2D eigenvalue weighted by Gasteiger charge is -2.13. The van der Waals surface area contributed by atoms with Crippen molar-refractivity contribution < 1.29 is 0 Å². The van der Waals surface area contributed by atoms with E-state index in [-0.39, 0.29) is 15.5 Å². The van der Waals surface area contributed by atoms with Gasteiger partial charge >= 0.3 is 0 Å². The van der Waals surface area contributed by atoms with Gasteiger partial charge < -0.3 is 0 Å². The highest BCUT2D eigenvalue weighted by Gasteiger charge is 2.12. The Morgan fingerprint density at radius 3 is 2.53 bits per heavy atom. The molecule has 4 heteroatoms. The average molecular weight is 315 g/mol. The van der Waals surface area contributed by atoms with Gasteiger partial charge in [-0.25, -0.2) is 4.40 Å². The van der Waals surface area contributed by atoms with Crippen molar-refractivity contribution in [3.05, 3.63) is 24.8 Å². The molecule has 0 aliphatic heterocycles. The molecule has 0 N–H and O–H groups in total. The van der Waals surface area contributed by atoms with Crippen molar-refractivity contribution in [2.24, 2.45) is 10.3 Å². The number of alkyl halides is 1. The van der Waals surface area contributed by atoms with Crippen LogP contribution in [0.15, 0.2) is 29.2 Å². The van der Waals surface area contributed by atoms with Gasteiger partial charge in [-0.3, -0.25) is 0 Å². The lowest BCUT2D eigenvalue weighted by molar-refractivity contribution is 0.804. The third-order valence-corrected chi connectivity index (χ3v) is 3.53. The third-order valence-electron chi connectivity index (χ3n) is 1.73. The fraction of sp³-hybridized carbons (Fsp3) is 0.538. The molecule has 0 heterocycles. The lowest BCUT2D eigenvalue weighted by Crippen LogP contribution is -2.07. The second-order valence-electron chi connectivity index (χ2n) is 4.63. The Kier molecular flexibility index (Phi) is 7.49. The molecule has 0 spiro atoms. The average Bonchev–Trinajstić information content (AvgIpc) is 2.24. The van der Waals surface area contributed by atoms with Crippen LogP contribution < -0.4 is 0 Å². The Balaban J connectivity index is 4.43. The highest BCUT2D eigenvalue weighted by Crippen LogP contribution is 2.24. The number of rotatable bonds is 5. The number of hydrogen-bond donors (Lipinski definition) is 0. The van der Waals surface area contributed by atoms with Gasteiger partial charge in [0.15, 0.2) is 0 Å². The van der Waals surface area contributed by atoms with Crippen LogP contribution in [0.3, 0.4) is 0 Å². The van der Waals surface area contributed by atoms with E-state index >= 15 is 0 Å². The van der Waals surface area contributed by atoms with Gasteiger partial charge in [0.25, 0.3) is 0 Å². The zero-order valence-corrected chi connectivity index (χ0v) is 13.2. The van der Waals surface area contributed by atoms with Crippen LogP contribution in [-0.2, 0) is 0 Å². The first-order chi connectivity index (χ1) is 7.80. The molecule has 0 aromatic heterocycles. The van der Waals surface area contributed by atoms with Crippen molar-refractivity contribution in [1.29, 1.82) is 5.26 Å². The van der Waals surface area contributed by atoms with Crippen molar-refractivity contribution in [1.82, 2.24) is 0 Å². The van der Waals surface area contributed by atoms with E-state index in [9.17, 15) is 0 Å². The van der Waals surface area contributed by atoms with E-state index in [1.165, 1.54) is 0 Å². The lowest BCUT2D eigenvalue weighted by atomic mass is 10.1. The standard InChI is InChI=1S/C13H19BrN2S/c1-6-11(9-15)12(14)8-7-10(2)16-17-13(3,4)5/h6-8,11-12H,1H2,2-5H3/b8-7+,16-10+. The quantitative estimate of drug-likeness (QED) is 0.323. The summed E-state index contributed by atoms with van der Waals surface area (Å²) in [5, 5.41) is 8.85. The molecule has 0 saturated carbocycles. The molecule has 17 heavy (non-hydrogen) atoms. The molecule has 0 bridgehead atoms. The minimum absolute atomic E-state index is 0.0187. The number of nitrogens with zero attached hydrogens (tertiary/aromatic N) is 2. The van der Waals surface area contributed by atoms with Crippen molar-refractivity contribution >= 4 is 33.6 Å². The Hall–Kier alpha value is -0.530. The summed E-state index contributed by atoms with van der Waals surface area (Å²) < 4.78 is 4.52. The second kappa shape index (κ2) is 7.73. The molecule has 0 saturated heterocycles. The number of hydrogen-bond acceptors (Lipinski definition) is 3. The summed E-state index contributed by atoms with van der Waals surface area (Å²) in [4.78, 5) is -0.0187. The first-order valence-corrected chi connectivity index (χ1v) is 7.06. The Morgan fingerprint density at radius 2 is 2.12 bits per heavy atom. The van der Waals surface area contributed by atoms with Gasteiger partial charge in [-0.2, -0.15) is 5.26 Å². The SMILES string of the molecule is C=CC(C#N)C(Br)/C=C/C(C)=N/SC(C)(C)C. The Labute approximate surface area is 117 Å². The molecular formula is C13H19BrN2S. The van der Waals surface area contributed by atoms with Crippen LogP contribution in [0.2, 0.25) is 0 Å². The maximum atomic E-state index is 8.85. The maximum absolute atomic E-state index is 8.85. The molecule has 0 rings (SSSR count). The predicted molar refractivity (Wildman–Crippen MR) is 81.6 cm³/mol. The first kappa shape index (κ1) is 16.5. The van der Waals surface area contributed by atoms with Gasteiger partial charge in [-0.1, -0.05) is 28.1 Å². The van der Waals surface area contributed by atoms with E-state index in [0.717, 1.165) is 5.71 Å². The van der Waals surface area contributed by atoms with E-state index in [1.807, 2.05) is 19.1 Å². The van der Waals surface area contributed by atoms with Crippen LogP contribution in [0.4, 0.5) is 0 Å². The van der Waals surface area contributed by atoms with E-state index in [1.54, 1.807) is 18.0 Å². The number of allylic oxidation sites excluding steroid dienone is 3. The van der Waals surface area contributed by atoms with Gasteiger partial charge in [-0.05, 0) is 45.7 Å². The minimum Gasteiger partial charge on any atom is -0.221 e. The van der Waals surface area contributed by atoms with Gasteiger partial charge in [0.2, 0.25) is 0 Å². The van der Waals surface area contributed by atoms with E-state index in [4.69, 9.17) is 5.26 Å². The van der Waals surface area contributed by atoms with Gasteiger partial charge in [0.05, 0.1) is 16.8 Å². The van der Waals surface area contributed by atoms with Crippen LogP contribution >= 0.6 is 27.9 Å². The Morgan fingerprint density at radius 1 is 1.53 bits per heavy atom. The molecule has 2 nitrogen and oxygen atoms in total.